The third-order valence-electron chi connectivity index (χ3n) is 3.02. The lowest BCUT2D eigenvalue weighted by Crippen LogP contribution is -2.56. The highest BCUT2D eigenvalue weighted by Crippen LogP contribution is 2.14. The van der Waals surface area contributed by atoms with Crippen LogP contribution in [0.4, 0.5) is 0 Å². The first-order valence-electron chi connectivity index (χ1n) is 5.81. The first kappa shape index (κ1) is 16.9. The molecular formula is C11H25IN4O. The molecular weight excluding hydrogens is 331 g/mol. The van der Waals surface area contributed by atoms with E-state index in [2.05, 4.69) is 34.4 Å². The minimum absolute atomic E-state index is 0. The van der Waals surface area contributed by atoms with E-state index >= 15 is 0 Å². The molecule has 0 atom stereocenters. The Hall–Kier alpha value is -0.0800. The Kier molecular flexibility index (Phi) is 8.06. The molecule has 0 radical (unpaired) electrons. The van der Waals surface area contributed by atoms with Crippen LogP contribution in [-0.4, -0.2) is 63.3 Å². The van der Waals surface area contributed by atoms with Gasteiger partial charge in [0.25, 0.3) is 0 Å². The number of ether oxygens (including phenoxy) is 1. The van der Waals surface area contributed by atoms with Crippen LogP contribution in [0.2, 0.25) is 0 Å². The number of halogens is 1. The standard InChI is InChI=1S/C11H24N4O.HI/c1-11(2,9-14-10(12-3)13-4)15-5-7-16-8-6-15;/h5-9H2,1-4H3,(H2,12,13,14);1H. The van der Waals surface area contributed by atoms with Gasteiger partial charge in [-0.25, -0.2) is 0 Å². The van der Waals surface area contributed by atoms with Crippen LogP contribution in [0.1, 0.15) is 13.8 Å². The molecule has 1 heterocycles. The summed E-state index contributed by atoms with van der Waals surface area (Å²) in [5.74, 6) is 0.835. The molecule has 17 heavy (non-hydrogen) atoms. The number of nitrogens with zero attached hydrogens (tertiary/aromatic N) is 2. The van der Waals surface area contributed by atoms with Crippen LogP contribution in [0.3, 0.4) is 0 Å². The van der Waals surface area contributed by atoms with Gasteiger partial charge in [-0.1, -0.05) is 0 Å². The highest BCUT2D eigenvalue weighted by Gasteiger charge is 2.28. The molecule has 5 nitrogen and oxygen atoms in total. The van der Waals surface area contributed by atoms with Crippen LogP contribution in [0.15, 0.2) is 4.99 Å². The van der Waals surface area contributed by atoms with Crippen LogP contribution in [-0.2, 0) is 4.74 Å². The van der Waals surface area contributed by atoms with E-state index in [0.717, 1.165) is 38.8 Å². The molecule has 1 fully saturated rings. The van der Waals surface area contributed by atoms with Crippen molar-refractivity contribution in [1.29, 1.82) is 0 Å². The van der Waals surface area contributed by atoms with Gasteiger partial charge >= 0.3 is 0 Å². The molecule has 1 rings (SSSR count). The van der Waals surface area contributed by atoms with Gasteiger partial charge in [-0.15, -0.1) is 24.0 Å². The van der Waals surface area contributed by atoms with Gasteiger partial charge in [-0.3, -0.25) is 9.89 Å². The fraction of sp³-hybridized carbons (Fsp3) is 0.909. The SMILES string of the molecule is CN=C(NC)NCC(C)(C)N1CCOCC1.I. The third kappa shape index (κ3) is 5.39. The molecule has 2 N–H and O–H groups in total. The maximum Gasteiger partial charge on any atom is 0.190 e. The number of hydrogen-bond acceptors (Lipinski definition) is 3. The maximum atomic E-state index is 5.36. The average molecular weight is 356 g/mol. The van der Waals surface area contributed by atoms with Crippen molar-refractivity contribution >= 4 is 29.9 Å². The van der Waals surface area contributed by atoms with Crippen molar-refractivity contribution in [3.8, 4) is 0 Å². The van der Waals surface area contributed by atoms with Crippen LogP contribution in [0, 0.1) is 0 Å². The van der Waals surface area contributed by atoms with Crippen LogP contribution >= 0.6 is 24.0 Å². The molecule has 0 saturated carbocycles. The number of rotatable bonds is 3. The van der Waals surface area contributed by atoms with Gasteiger partial charge in [0.05, 0.1) is 13.2 Å². The minimum Gasteiger partial charge on any atom is -0.379 e. The lowest BCUT2D eigenvalue weighted by molar-refractivity contribution is -0.00833. The fourth-order valence-electron chi connectivity index (χ4n) is 1.86. The highest BCUT2D eigenvalue weighted by atomic mass is 127. The second kappa shape index (κ2) is 8.10. The van der Waals surface area contributed by atoms with Crippen molar-refractivity contribution in [1.82, 2.24) is 15.5 Å². The number of nitrogens with one attached hydrogen (secondary N) is 2. The molecule has 0 unspecified atom stereocenters. The predicted octanol–water partition coefficient (Wildman–Crippen LogP) is 0.510. The van der Waals surface area contributed by atoms with Crippen molar-refractivity contribution < 1.29 is 4.74 Å². The maximum absolute atomic E-state index is 5.36. The first-order valence-corrected chi connectivity index (χ1v) is 5.81. The topological polar surface area (TPSA) is 48.9 Å². The van der Waals surface area contributed by atoms with E-state index in [9.17, 15) is 0 Å². The van der Waals surface area contributed by atoms with Gasteiger partial charge in [-0.2, -0.15) is 0 Å². The summed E-state index contributed by atoms with van der Waals surface area (Å²) in [7, 11) is 3.65. The lowest BCUT2D eigenvalue weighted by Gasteiger charge is -2.41. The molecule has 0 amide bonds. The molecule has 1 aliphatic rings. The summed E-state index contributed by atoms with van der Waals surface area (Å²) >= 11 is 0. The van der Waals surface area contributed by atoms with E-state index in [1.54, 1.807) is 7.05 Å². The second-order valence-corrected chi connectivity index (χ2v) is 4.59. The predicted molar refractivity (Wildman–Crippen MR) is 82.3 cm³/mol. The minimum atomic E-state index is 0. The van der Waals surface area contributed by atoms with E-state index in [0.29, 0.717) is 0 Å². The number of aliphatic imine (C=N–C) groups is 1. The third-order valence-corrected chi connectivity index (χ3v) is 3.02. The summed E-state index contributed by atoms with van der Waals surface area (Å²) in [6.45, 7) is 9.05. The van der Waals surface area contributed by atoms with Crippen molar-refractivity contribution in [2.75, 3.05) is 46.9 Å². The largest absolute Gasteiger partial charge is 0.379 e. The van der Waals surface area contributed by atoms with E-state index in [-0.39, 0.29) is 29.5 Å². The fourth-order valence-corrected chi connectivity index (χ4v) is 1.86. The van der Waals surface area contributed by atoms with Crippen molar-refractivity contribution in [3.63, 3.8) is 0 Å². The Balaban J connectivity index is 0.00000256. The summed E-state index contributed by atoms with van der Waals surface area (Å²) in [6, 6.07) is 0. The number of hydrogen-bond donors (Lipinski definition) is 2. The van der Waals surface area contributed by atoms with E-state index in [1.165, 1.54) is 0 Å². The Bertz CT molecular complexity index is 240. The zero-order valence-corrected chi connectivity index (χ0v) is 13.6. The number of morpholine rings is 1. The molecule has 0 aromatic heterocycles. The Morgan fingerprint density at radius 3 is 2.41 bits per heavy atom. The lowest BCUT2D eigenvalue weighted by atomic mass is 10.0. The molecule has 0 bridgehead atoms. The van der Waals surface area contributed by atoms with Crippen LogP contribution in [0.25, 0.3) is 0 Å². The highest BCUT2D eigenvalue weighted by molar-refractivity contribution is 14.0. The molecule has 0 aromatic rings. The Morgan fingerprint density at radius 2 is 1.94 bits per heavy atom. The summed E-state index contributed by atoms with van der Waals surface area (Å²) in [4.78, 5) is 6.56. The molecule has 6 heteroatoms. The molecule has 0 aliphatic carbocycles. The monoisotopic (exact) mass is 356 g/mol. The van der Waals surface area contributed by atoms with Gasteiger partial charge < -0.3 is 15.4 Å². The first-order chi connectivity index (χ1) is 7.60. The van der Waals surface area contributed by atoms with Crippen molar-refractivity contribution in [2.45, 2.75) is 19.4 Å². The van der Waals surface area contributed by atoms with Crippen LogP contribution in [0.5, 0.6) is 0 Å². The second-order valence-electron chi connectivity index (χ2n) is 4.59. The van der Waals surface area contributed by atoms with E-state index in [1.807, 2.05) is 7.05 Å². The summed E-state index contributed by atoms with van der Waals surface area (Å²) < 4.78 is 5.36. The normalized spacial score (nSPS) is 18.5. The van der Waals surface area contributed by atoms with Crippen molar-refractivity contribution in [2.24, 2.45) is 4.99 Å². The van der Waals surface area contributed by atoms with Gasteiger partial charge in [0, 0.05) is 39.3 Å². The summed E-state index contributed by atoms with van der Waals surface area (Å²) in [5.41, 5.74) is 0.122. The van der Waals surface area contributed by atoms with Gasteiger partial charge in [0.2, 0.25) is 0 Å². The van der Waals surface area contributed by atoms with Gasteiger partial charge in [0.1, 0.15) is 0 Å². The van der Waals surface area contributed by atoms with Gasteiger partial charge in [0.15, 0.2) is 5.96 Å². The average Bonchev–Trinajstić information content (AvgIpc) is 2.31. The van der Waals surface area contributed by atoms with Gasteiger partial charge in [-0.05, 0) is 13.8 Å². The Labute approximate surface area is 121 Å². The molecule has 1 saturated heterocycles. The van der Waals surface area contributed by atoms with Crippen LogP contribution < -0.4 is 10.6 Å². The zero-order valence-electron chi connectivity index (χ0n) is 11.2. The molecule has 102 valence electrons. The van der Waals surface area contributed by atoms with E-state index < -0.39 is 0 Å². The summed E-state index contributed by atoms with van der Waals surface area (Å²) in [6.07, 6.45) is 0. The quantitative estimate of drug-likeness (QED) is 0.440. The summed E-state index contributed by atoms with van der Waals surface area (Å²) in [5, 5.41) is 6.34. The molecule has 1 aliphatic heterocycles. The van der Waals surface area contributed by atoms with E-state index in [4.69, 9.17) is 4.74 Å². The van der Waals surface area contributed by atoms with Crippen molar-refractivity contribution in [3.05, 3.63) is 0 Å². The Morgan fingerprint density at radius 1 is 1.35 bits per heavy atom. The number of guanidine groups is 1. The molecule has 0 aromatic carbocycles. The molecule has 0 spiro atoms. The zero-order chi connectivity index (χ0) is 12.0. The smallest absolute Gasteiger partial charge is 0.190 e.